The number of hydrogen-bond acceptors (Lipinski definition) is 3. The van der Waals surface area contributed by atoms with Gasteiger partial charge in [0.05, 0.1) is 12.6 Å². The molecule has 0 fully saturated rings. The first kappa shape index (κ1) is 16.9. The summed E-state index contributed by atoms with van der Waals surface area (Å²) in [6, 6.07) is 13.8. The molecule has 3 aromatic rings. The number of nitrogens with zero attached hydrogens (tertiary/aromatic N) is 1. The van der Waals surface area contributed by atoms with Crippen molar-refractivity contribution in [3.63, 3.8) is 0 Å². The number of H-pyrrole nitrogens is 1. The predicted molar refractivity (Wildman–Crippen MR) is 99.1 cm³/mol. The molecule has 0 saturated heterocycles. The number of fused-ring (bicyclic) bond motifs is 1. The highest BCUT2D eigenvalue weighted by molar-refractivity contribution is 5.95. The van der Waals surface area contributed by atoms with Gasteiger partial charge in [0, 0.05) is 36.5 Å². The fourth-order valence-electron chi connectivity index (χ4n) is 2.78. The lowest BCUT2D eigenvalue weighted by atomic mass is 10.1. The number of methoxy groups -OCH3 is 1. The molecule has 5 heteroatoms. The van der Waals surface area contributed by atoms with Crippen molar-refractivity contribution in [3.05, 3.63) is 72.1 Å². The van der Waals surface area contributed by atoms with Crippen LogP contribution < -0.4 is 5.32 Å². The molecule has 0 bridgehead atoms. The summed E-state index contributed by atoms with van der Waals surface area (Å²) in [4.78, 5) is 19.6. The van der Waals surface area contributed by atoms with E-state index >= 15 is 0 Å². The van der Waals surface area contributed by atoms with E-state index in [1.165, 1.54) is 0 Å². The number of carbonyl (C=O) groups excluding carboxylic acids is 1. The third-order valence-electron chi connectivity index (χ3n) is 3.94. The van der Waals surface area contributed by atoms with E-state index in [0.717, 1.165) is 28.6 Å². The largest absolute Gasteiger partial charge is 0.383 e. The fraction of sp³-hybridized carbons (Fsp3) is 0.200. The first-order valence-electron chi connectivity index (χ1n) is 8.20. The van der Waals surface area contributed by atoms with Gasteiger partial charge in [0.2, 0.25) is 5.91 Å². The first-order chi connectivity index (χ1) is 12.3. The number of aromatic amines is 1. The van der Waals surface area contributed by atoms with Gasteiger partial charge in [-0.3, -0.25) is 4.79 Å². The highest BCUT2D eigenvalue weighted by atomic mass is 16.5. The molecular formula is C20H21N3O2. The van der Waals surface area contributed by atoms with Crippen LogP contribution >= 0.6 is 0 Å². The number of carbonyl (C=O) groups is 1. The van der Waals surface area contributed by atoms with Crippen LogP contribution in [0.4, 0.5) is 0 Å². The second-order valence-electron chi connectivity index (χ2n) is 5.83. The average molecular weight is 335 g/mol. The van der Waals surface area contributed by atoms with Crippen molar-refractivity contribution in [2.24, 2.45) is 0 Å². The Labute approximate surface area is 146 Å². The standard InChI is InChI=1S/C20H21N3O2/c1-25-14-17(12-15-6-3-2-4-7-15)23-19(24)10-9-16-13-22-20-18(16)8-5-11-21-20/h2-11,13,17H,12,14H2,1H3,(H,21,22)(H,23,24)/t17-/m0/s1. The predicted octanol–water partition coefficient (Wildman–Crippen LogP) is 2.95. The lowest BCUT2D eigenvalue weighted by molar-refractivity contribution is -0.117. The van der Waals surface area contributed by atoms with Gasteiger partial charge < -0.3 is 15.0 Å². The fourth-order valence-corrected chi connectivity index (χ4v) is 2.78. The van der Waals surface area contributed by atoms with Crippen LogP contribution in [-0.4, -0.2) is 35.6 Å². The molecule has 128 valence electrons. The van der Waals surface area contributed by atoms with Gasteiger partial charge in [-0.25, -0.2) is 4.98 Å². The van der Waals surface area contributed by atoms with Crippen LogP contribution in [0.3, 0.4) is 0 Å². The molecule has 1 atom stereocenters. The number of benzene rings is 1. The first-order valence-corrected chi connectivity index (χ1v) is 8.20. The maximum Gasteiger partial charge on any atom is 0.244 e. The SMILES string of the molecule is COC[C@H](Cc1ccccc1)NC(=O)C=Cc1c[nH]c2ncccc12. The van der Waals surface area contributed by atoms with Gasteiger partial charge in [0.25, 0.3) is 0 Å². The lowest BCUT2D eigenvalue weighted by Gasteiger charge is -2.17. The van der Waals surface area contributed by atoms with Crippen molar-refractivity contribution < 1.29 is 9.53 Å². The van der Waals surface area contributed by atoms with E-state index in [-0.39, 0.29) is 11.9 Å². The molecule has 3 rings (SSSR count). The summed E-state index contributed by atoms with van der Waals surface area (Å²) in [5.74, 6) is -0.142. The van der Waals surface area contributed by atoms with Gasteiger partial charge in [-0.15, -0.1) is 0 Å². The Hall–Kier alpha value is -2.92. The smallest absolute Gasteiger partial charge is 0.244 e. The van der Waals surface area contributed by atoms with E-state index in [4.69, 9.17) is 4.74 Å². The van der Waals surface area contributed by atoms with E-state index in [2.05, 4.69) is 15.3 Å². The third kappa shape index (κ3) is 4.55. The summed E-state index contributed by atoms with van der Waals surface area (Å²) in [6.45, 7) is 0.464. The van der Waals surface area contributed by atoms with Crippen molar-refractivity contribution in [1.29, 1.82) is 0 Å². The molecule has 5 nitrogen and oxygen atoms in total. The molecule has 25 heavy (non-hydrogen) atoms. The highest BCUT2D eigenvalue weighted by Crippen LogP contribution is 2.16. The molecule has 0 aliphatic rings. The second-order valence-corrected chi connectivity index (χ2v) is 5.83. The Bertz CT molecular complexity index is 856. The number of pyridine rings is 1. The van der Waals surface area contributed by atoms with E-state index in [9.17, 15) is 4.79 Å². The third-order valence-corrected chi connectivity index (χ3v) is 3.94. The summed E-state index contributed by atoms with van der Waals surface area (Å²) in [6.07, 6.45) is 7.65. The van der Waals surface area contributed by atoms with E-state index in [0.29, 0.717) is 6.61 Å². The monoisotopic (exact) mass is 335 g/mol. The van der Waals surface area contributed by atoms with Crippen LogP contribution in [-0.2, 0) is 16.0 Å². The minimum absolute atomic E-state index is 0.0748. The summed E-state index contributed by atoms with van der Waals surface area (Å²) in [5.41, 5.74) is 2.91. The molecule has 0 aliphatic heterocycles. The molecule has 0 spiro atoms. The van der Waals surface area contributed by atoms with Gasteiger partial charge in [-0.1, -0.05) is 30.3 Å². The molecule has 1 amide bonds. The number of nitrogens with one attached hydrogen (secondary N) is 2. The number of amides is 1. The van der Waals surface area contributed by atoms with Crippen LogP contribution in [0.5, 0.6) is 0 Å². The van der Waals surface area contributed by atoms with Crippen LogP contribution in [0.25, 0.3) is 17.1 Å². The van der Waals surface area contributed by atoms with E-state index in [1.54, 1.807) is 25.5 Å². The molecule has 1 aromatic carbocycles. The topological polar surface area (TPSA) is 67.0 Å². The Morgan fingerprint density at radius 1 is 1.28 bits per heavy atom. The molecule has 0 unspecified atom stereocenters. The van der Waals surface area contributed by atoms with Crippen molar-refractivity contribution in [2.45, 2.75) is 12.5 Å². The number of ether oxygens (including phenoxy) is 1. The number of rotatable bonds is 7. The van der Waals surface area contributed by atoms with Crippen molar-refractivity contribution >= 4 is 23.0 Å². The summed E-state index contributed by atoms with van der Waals surface area (Å²) >= 11 is 0. The second kappa shape index (κ2) is 8.26. The van der Waals surface area contributed by atoms with E-state index < -0.39 is 0 Å². The Morgan fingerprint density at radius 2 is 2.12 bits per heavy atom. The molecule has 0 aliphatic carbocycles. The summed E-state index contributed by atoms with van der Waals surface area (Å²) in [7, 11) is 1.64. The lowest BCUT2D eigenvalue weighted by Crippen LogP contribution is -2.38. The van der Waals surface area contributed by atoms with Gasteiger partial charge in [0.1, 0.15) is 5.65 Å². The molecule has 2 N–H and O–H groups in total. The van der Waals surface area contributed by atoms with Crippen molar-refractivity contribution in [1.82, 2.24) is 15.3 Å². The van der Waals surface area contributed by atoms with Gasteiger partial charge >= 0.3 is 0 Å². The average Bonchev–Trinajstić information content (AvgIpc) is 3.04. The van der Waals surface area contributed by atoms with Gasteiger partial charge in [0.15, 0.2) is 0 Å². The molecule has 2 aromatic heterocycles. The molecule has 0 saturated carbocycles. The zero-order valence-corrected chi connectivity index (χ0v) is 14.1. The van der Waals surface area contributed by atoms with Crippen LogP contribution in [0.2, 0.25) is 0 Å². The maximum atomic E-state index is 12.3. The summed E-state index contributed by atoms with van der Waals surface area (Å²) < 4.78 is 5.23. The van der Waals surface area contributed by atoms with Crippen LogP contribution in [0, 0.1) is 0 Å². The highest BCUT2D eigenvalue weighted by Gasteiger charge is 2.11. The zero-order valence-electron chi connectivity index (χ0n) is 14.1. The van der Waals surface area contributed by atoms with Crippen molar-refractivity contribution in [2.75, 3.05) is 13.7 Å². The van der Waals surface area contributed by atoms with Crippen LogP contribution in [0.1, 0.15) is 11.1 Å². The Balaban J connectivity index is 1.65. The normalized spacial score (nSPS) is 12.5. The molecular weight excluding hydrogens is 314 g/mol. The minimum Gasteiger partial charge on any atom is -0.383 e. The molecule has 2 heterocycles. The Morgan fingerprint density at radius 3 is 2.92 bits per heavy atom. The Kier molecular flexibility index (Phi) is 5.59. The number of aromatic nitrogens is 2. The number of hydrogen-bond donors (Lipinski definition) is 2. The van der Waals surface area contributed by atoms with Crippen molar-refractivity contribution in [3.8, 4) is 0 Å². The minimum atomic E-state index is -0.142. The maximum absolute atomic E-state index is 12.3. The van der Waals surface area contributed by atoms with Crippen LogP contribution in [0.15, 0.2) is 60.9 Å². The van der Waals surface area contributed by atoms with Gasteiger partial charge in [-0.2, -0.15) is 0 Å². The van der Waals surface area contributed by atoms with Gasteiger partial charge in [-0.05, 0) is 30.2 Å². The molecule has 0 radical (unpaired) electrons. The summed E-state index contributed by atoms with van der Waals surface area (Å²) in [5, 5.41) is 3.99. The zero-order chi connectivity index (χ0) is 17.5. The quantitative estimate of drug-likeness (QED) is 0.652. The van der Waals surface area contributed by atoms with E-state index in [1.807, 2.05) is 48.7 Å².